The van der Waals surface area contributed by atoms with Crippen molar-refractivity contribution in [1.29, 1.82) is 0 Å². The Balaban J connectivity index is 1.60. The lowest BCUT2D eigenvalue weighted by atomic mass is 10.0. The molecule has 0 aliphatic heterocycles. The molecule has 2 aromatic carbocycles. The predicted octanol–water partition coefficient (Wildman–Crippen LogP) is 2.80. The second kappa shape index (κ2) is 9.35. The van der Waals surface area contributed by atoms with Gasteiger partial charge < -0.3 is 14.6 Å². The number of benzene rings is 2. The number of hydrogen-bond donors (Lipinski definition) is 1. The minimum absolute atomic E-state index is 0.150. The average Bonchev–Trinajstić information content (AvgIpc) is 2.77. The van der Waals surface area contributed by atoms with E-state index >= 15 is 0 Å². The van der Waals surface area contributed by atoms with Crippen LogP contribution in [-0.2, 0) is 16.1 Å². The second-order valence-corrected chi connectivity index (χ2v) is 7.14. The third kappa shape index (κ3) is 4.74. The van der Waals surface area contributed by atoms with Crippen molar-refractivity contribution in [2.24, 2.45) is 0 Å². The summed E-state index contributed by atoms with van der Waals surface area (Å²) in [6.45, 7) is 6.12. The molecule has 7 nitrogen and oxygen atoms in total. The van der Waals surface area contributed by atoms with Gasteiger partial charge in [0.05, 0.1) is 16.6 Å². The fourth-order valence-corrected chi connectivity index (χ4v) is 3.25. The SMILES string of the molecule is CCn1c(=O)c(C)nc2cc(C(=O)OCC(=O)NC[C@H](C)c3ccccc3)ccc21. The Kier molecular flexibility index (Phi) is 6.61. The topological polar surface area (TPSA) is 90.3 Å². The number of carbonyl (C=O) groups excluding carboxylic acids is 2. The number of aromatic nitrogens is 2. The summed E-state index contributed by atoms with van der Waals surface area (Å²) < 4.78 is 6.75. The summed E-state index contributed by atoms with van der Waals surface area (Å²) in [6.07, 6.45) is 0. The number of ether oxygens (including phenoxy) is 1. The van der Waals surface area contributed by atoms with Crippen molar-refractivity contribution >= 4 is 22.9 Å². The Bertz CT molecular complexity index is 1120. The number of fused-ring (bicyclic) bond motifs is 1. The smallest absolute Gasteiger partial charge is 0.338 e. The molecule has 1 amide bonds. The molecule has 1 heterocycles. The Labute approximate surface area is 174 Å². The van der Waals surface area contributed by atoms with Crippen LogP contribution in [0.5, 0.6) is 0 Å². The van der Waals surface area contributed by atoms with Crippen LogP contribution in [-0.4, -0.2) is 34.6 Å². The number of esters is 1. The monoisotopic (exact) mass is 407 g/mol. The molecule has 0 unspecified atom stereocenters. The van der Waals surface area contributed by atoms with Gasteiger partial charge in [-0.3, -0.25) is 9.59 Å². The summed E-state index contributed by atoms with van der Waals surface area (Å²) in [5.41, 5.74) is 2.80. The van der Waals surface area contributed by atoms with E-state index in [9.17, 15) is 14.4 Å². The molecule has 30 heavy (non-hydrogen) atoms. The van der Waals surface area contributed by atoms with Crippen LogP contribution in [0.25, 0.3) is 11.0 Å². The molecule has 0 bridgehead atoms. The molecular weight excluding hydrogens is 382 g/mol. The van der Waals surface area contributed by atoms with Gasteiger partial charge in [0.15, 0.2) is 6.61 Å². The first-order chi connectivity index (χ1) is 14.4. The zero-order valence-electron chi connectivity index (χ0n) is 17.3. The van der Waals surface area contributed by atoms with E-state index in [-0.39, 0.29) is 29.6 Å². The highest BCUT2D eigenvalue weighted by molar-refractivity contribution is 5.94. The van der Waals surface area contributed by atoms with E-state index in [2.05, 4.69) is 10.3 Å². The first-order valence-corrected chi connectivity index (χ1v) is 9.90. The van der Waals surface area contributed by atoms with Gasteiger partial charge >= 0.3 is 5.97 Å². The van der Waals surface area contributed by atoms with Gasteiger partial charge in [-0.2, -0.15) is 0 Å². The molecule has 1 aromatic heterocycles. The number of aryl methyl sites for hydroxylation is 2. The lowest BCUT2D eigenvalue weighted by Gasteiger charge is -2.13. The van der Waals surface area contributed by atoms with Crippen molar-refractivity contribution in [2.45, 2.75) is 33.2 Å². The fourth-order valence-electron chi connectivity index (χ4n) is 3.25. The molecule has 0 aliphatic rings. The van der Waals surface area contributed by atoms with Crippen molar-refractivity contribution in [2.75, 3.05) is 13.2 Å². The molecule has 3 rings (SSSR count). The van der Waals surface area contributed by atoms with Gasteiger partial charge in [0.1, 0.15) is 5.69 Å². The molecule has 0 fully saturated rings. The fraction of sp³-hybridized carbons (Fsp3) is 0.304. The van der Waals surface area contributed by atoms with Crippen LogP contribution in [0.3, 0.4) is 0 Å². The van der Waals surface area contributed by atoms with E-state index < -0.39 is 5.97 Å². The Morgan fingerprint density at radius 1 is 1.17 bits per heavy atom. The first-order valence-electron chi connectivity index (χ1n) is 9.90. The zero-order chi connectivity index (χ0) is 21.7. The van der Waals surface area contributed by atoms with Crippen LogP contribution < -0.4 is 10.9 Å². The van der Waals surface area contributed by atoms with Crippen LogP contribution in [0.1, 0.15) is 41.4 Å². The molecule has 0 saturated heterocycles. The highest BCUT2D eigenvalue weighted by Crippen LogP contribution is 2.15. The Hall–Kier alpha value is -3.48. The number of rotatable bonds is 7. The number of nitrogens with zero attached hydrogens (tertiary/aromatic N) is 2. The standard InChI is InChI=1S/C23H25N3O4/c1-4-26-20-11-10-18(12-19(20)25-16(3)22(26)28)23(29)30-14-21(27)24-13-15(2)17-8-6-5-7-9-17/h5-12,15H,4,13-14H2,1-3H3,(H,24,27)/t15-/m0/s1. The molecule has 156 valence electrons. The molecule has 7 heteroatoms. The maximum absolute atomic E-state index is 12.4. The predicted molar refractivity (Wildman–Crippen MR) is 115 cm³/mol. The van der Waals surface area contributed by atoms with Crippen LogP contribution in [0, 0.1) is 6.92 Å². The van der Waals surface area contributed by atoms with Crippen LogP contribution in [0.2, 0.25) is 0 Å². The minimum Gasteiger partial charge on any atom is -0.452 e. The number of amides is 1. The van der Waals surface area contributed by atoms with Crippen molar-refractivity contribution in [1.82, 2.24) is 14.9 Å². The molecule has 0 saturated carbocycles. The lowest BCUT2D eigenvalue weighted by molar-refractivity contribution is -0.124. The molecule has 0 aliphatic carbocycles. The van der Waals surface area contributed by atoms with Gasteiger partial charge in [-0.15, -0.1) is 0 Å². The molecule has 0 radical (unpaired) electrons. The van der Waals surface area contributed by atoms with E-state index in [1.54, 1.807) is 29.7 Å². The summed E-state index contributed by atoms with van der Waals surface area (Å²) in [5, 5.41) is 2.78. The van der Waals surface area contributed by atoms with Gasteiger partial charge in [0, 0.05) is 13.1 Å². The second-order valence-electron chi connectivity index (χ2n) is 7.14. The summed E-state index contributed by atoms with van der Waals surface area (Å²) >= 11 is 0. The molecule has 1 atom stereocenters. The van der Waals surface area contributed by atoms with Crippen molar-refractivity contribution in [3.05, 3.63) is 75.7 Å². The number of hydrogen-bond acceptors (Lipinski definition) is 5. The van der Waals surface area contributed by atoms with E-state index in [1.165, 1.54) is 0 Å². The normalized spacial score (nSPS) is 11.8. The van der Waals surface area contributed by atoms with Crippen molar-refractivity contribution < 1.29 is 14.3 Å². The summed E-state index contributed by atoms with van der Waals surface area (Å²) in [6, 6.07) is 14.7. The van der Waals surface area contributed by atoms with Gasteiger partial charge in [-0.1, -0.05) is 37.3 Å². The molecular formula is C23H25N3O4. The lowest BCUT2D eigenvalue weighted by Crippen LogP contribution is -2.31. The maximum atomic E-state index is 12.4. The van der Waals surface area contributed by atoms with Gasteiger partial charge in [0.25, 0.3) is 11.5 Å². The van der Waals surface area contributed by atoms with E-state index in [4.69, 9.17) is 4.74 Å². The number of carbonyl (C=O) groups is 2. The first kappa shape index (κ1) is 21.2. The molecule has 0 spiro atoms. The minimum atomic E-state index is -0.614. The summed E-state index contributed by atoms with van der Waals surface area (Å²) in [4.78, 5) is 40.9. The Morgan fingerprint density at radius 2 is 1.90 bits per heavy atom. The third-order valence-corrected chi connectivity index (χ3v) is 4.97. The van der Waals surface area contributed by atoms with Gasteiger partial charge in [0.2, 0.25) is 0 Å². The molecule has 1 N–H and O–H groups in total. The quantitative estimate of drug-likeness (QED) is 0.608. The molecule has 3 aromatic rings. The zero-order valence-corrected chi connectivity index (χ0v) is 17.3. The van der Waals surface area contributed by atoms with E-state index in [0.717, 1.165) is 5.56 Å². The van der Waals surface area contributed by atoms with E-state index in [0.29, 0.717) is 29.8 Å². The van der Waals surface area contributed by atoms with Crippen molar-refractivity contribution in [3.63, 3.8) is 0 Å². The van der Waals surface area contributed by atoms with Crippen LogP contribution in [0.15, 0.2) is 53.3 Å². The highest BCUT2D eigenvalue weighted by atomic mass is 16.5. The highest BCUT2D eigenvalue weighted by Gasteiger charge is 2.14. The van der Waals surface area contributed by atoms with Gasteiger partial charge in [-0.25, -0.2) is 9.78 Å². The van der Waals surface area contributed by atoms with Crippen LogP contribution in [0.4, 0.5) is 0 Å². The Morgan fingerprint density at radius 3 is 2.60 bits per heavy atom. The third-order valence-electron chi connectivity index (χ3n) is 4.97. The van der Waals surface area contributed by atoms with Crippen molar-refractivity contribution in [3.8, 4) is 0 Å². The van der Waals surface area contributed by atoms with Gasteiger partial charge in [-0.05, 0) is 43.5 Å². The van der Waals surface area contributed by atoms with E-state index in [1.807, 2.05) is 44.2 Å². The average molecular weight is 407 g/mol. The summed E-state index contributed by atoms with van der Waals surface area (Å²) in [5.74, 6) is -0.825. The number of nitrogens with one attached hydrogen (secondary N) is 1. The largest absolute Gasteiger partial charge is 0.452 e. The summed E-state index contributed by atoms with van der Waals surface area (Å²) in [7, 11) is 0. The van der Waals surface area contributed by atoms with Crippen LogP contribution >= 0.6 is 0 Å². The maximum Gasteiger partial charge on any atom is 0.338 e.